The molecule has 2 aliphatic heterocycles. The molecule has 0 spiro atoms. The van der Waals surface area contributed by atoms with Crippen molar-refractivity contribution in [2.45, 2.75) is 77.2 Å². The molecule has 3 aromatic rings. The van der Waals surface area contributed by atoms with Crippen LogP contribution in [0.15, 0.2) is 16.9 Å². The molecule has 2 atom stereocenters. The van der Waals surface area contributed by atoms with Crippen LogP contribution in [0.25, 0.3) is 22.3 Å². The van der Waals surface area contributed by atoms with Gasteiger partial charge in [0.1, 0.15) is 25.7 Å². The van der Waals surface area contributed by atoms with E-state index in [9.17, 15) is 29.1 Å². The van der Waals surface area contributed by atoms with Gasteiger partial charge in [-0.05, 0) is 61.8 Å². The summed E-state index contributed by atoms with van der Waals surface area (Å²) in [6.45, 7) is 2.84. The van der Waals surface area contributed by atoms with Gasteiger partial charge in [-0.15, -0.1) is 0 Å². The maximum atomic E-state index is 15.3. The second-order valence-corrected chi connectivity index (χ2v) is 13.4. The van der Waals surface area contributed by atoms with Gasteiger partial charge >= 0.3 is 12.1 Å². The van der Waals surface area contributed by atoms with E-state index < -0.39 is 46.4 Å². The lowest BCUT2D eigenvalue weighted by atomic mass is 9.68. The van der Waals surface area contributed by atoms with Crippen LogP contribution in [0.3, 0.4) is 0 Å². The number of halogens is 1. The summed E-state index contributed by atoms with van der Waals surface area (Å²) in [5, 5.41) is 20.1. The van der Waals surface area contributed by atoms with Gasteiger partial charge in [-0.2, -0.15) is 0 Å². The third-order valence-electron chi connectivity index (χ3n) is 10.8. The van der Waals surface area contributed by atoms with Crippen LogP contribution in [0, 0.1) is 18.2 Å². The Hall–Kier alpha value is -4.89. The number of aryl methyl sites for hydroxylation is 1. The average Bonchev–Trinajstić information content (AvgIpc) is 3.46. The van der Waals surface area contributed by atoms with Gasteiger partial charge in [-0.1, -0.05) is 13.3 Å². The molecule has 4 aliphatic rings. The smallest absolute Gasteiger partial charge is 0.407 e. The Morgan fingerprint density at radius 3 is 2.64 bits per heavy atom. The number of esters is 1. The Morgan fingerprint density at radius 2 is 1.94 bits per heavy atom. The van der Waals surface area contributed by atoms with Crippen molar-refractivity contribution in [3.8, 4) is 11.4 Å². The van der Waals surface area contributed by atoms with Crippen LogP contribution in [-0.2, 0) is 53.8 Å². The summed E-state index contributed by atoms with van der Waals surface area (Å²) in [6.07, 6.45) is 2.23. The number of cyclic esters (lactones) is 1. The van der Waals surface area contributed by atoms with Gasteiger partial charge in [0.15, 0.2) is 5.60 Å². The number of methoxy groups -OCH3 is 1. The highest BCUT2D eigenvalue weighted by Crippen LogP contribution is 2.47. The molecule has 4 N–H and O–H groups in total. The van der Waals surface area contributed by atoms with Crippen LogP contribution >= 0.6 is 0 Å². The van der Waals surface area contributed by atoms with Gasteiger partial charge in [0.2, 0.25) is 11.8 Å². The van der Waals surface area contributed by atoms with Crippen LogP contribution in [0.2, 0.25) is 0 Å². The first-order chi connectivity index (χ1) is 23.9. The fourth-order valence-electron chi connectivity index (χ4n) is 7.72. The molecule has 50 heavy (non-hydrogen) atoms. The Morgan fingerprint density at radius 1 is 1.16 bits per heavy atom. The van der Waals surface area contributed by atoms with Crippen molar-refractivity contribution in [3.05, 3.63) is 61.7 Å². The lowest BCUT2D eigenvalue weighted by molar-refractivity contribution is -0.172. The molecule has 2 aliphatic carbocycles. The highest BCUT2D eigenvalue weighted by atomic mass is 19.1. The fraction of sp³-hybridized carbons (Fsp3) is 0.486. The van der Waals surface area contributed by atoms with E-state index in [1.807, 2.05) is 0 Å². The van der Waals surface area contributed by atoms with E-state index >= 15 is 4.39 Å². The van der Waals surface area contributed by atoms with Gasteiger partial charge in [-0.3, -0.25) is 14.4 Å². The molecule has 14 nitrogen and oxygen atoms in total. The molecule has 1 aromatic carbocycles. The number of amides is 3. The van der Waals surface area contributed by atoms with Gasteiger partial charge in [-0.25, -0.2) is 19.0 Å². The van der Waals surface area contributed by atoms with Gasteiger partial charge in [0.05, 0.1) is 54.2 Å². The molecule has 2 aromatic heterocycles. The molecule has 15 heteroatoms. The minimum Gasteiger partial charge on any atom is -0.458 e. The summed E-state index contributed by atoms with van der Waals surface area (Å²) in [5.74, 6) is -1.92. The lowest BCUT2D eigenvalue weighted by Gasteiger charge is -2.41. The van der Waals surface area contributed by atoms with Crippen molar-refractivity contribution in [3.63, 3.8) is 0 Å². The number of carbonyl (C=O) groups is 4. The second kappa shape index (κ2) is 12.5. The normalized spacial score (nSPS) is 20.9. The van der Waals surface area contributed by atoms with E-state index in [4.69, 9.17) is 14.5 Å². The number of hydrogen-bond acceptors (Lipinski definition) is 10. The van der Waals surface area contributed by atoms with Crippen LogP contribution in [-0.4, -0.2) is 65.5 Å². The highest BCUT2D eigenvalue weighted by Gasteiger charge is 2.47. The van der Waals surface area contributed by atoms with E-state index in [1.165, 1.54) is 17.7 Å². The minimum absolute atomic E-state index is 0.00260. The van der Waals surface area contributed by atoms with Gasteiger partial charge in [0, 0.05) is 22.6 Å². The van der Waals surface area contributed by atoms with Gasteiger partial charge < -0.3 is 39.8 Å². The zero-order valence-corrected chi connectivity index (χ0v) is 28.0. The topological polar surface area (TPSA) is 187 Å². The predicted octanol–water partition coefficient (Wildman–Crippen LogP) is 2.25. The molecular weight excluding hydrogens is 653 g/mol. The van der Waals surface area contributed by atoms with Crippen LogP contribution in [0.4, 0.5) is 9.18 Å². The first-order valence-corrected chi connectivity index (χ1v) is 16.7. The molecule has 0 saturated heterocycles. The van der Waals surface area contributed by atoms with E-state index in [2.05, 4.69) is 20.7 Å². The number of nitrogens with zero attached hydrogens (tertiary/aromatic N) is 2. The third-order valence-corrected chi connectivity index (χ3v) is 10.8. The van der Waals surface area contributed by atoms with Crippen molar-refractivity contribution in [1.29, 1.82) is 0 Å². The van der Waals surface area contributed by atoms with Crippen molar-refractivity contribution >= 4 is 34.8 Å². The molecule has 264 valence electrons. The van der Waals surface area contributed by atoms with Gasteiger partial charge in [0.25, 0.3) is 5.56 Å². The molecule has 0 unspecified atom stereocenters. The first kappa shape index (κ1) is 33.6. The Kier molecular flexibility index (Phi) is 8.37. The molecule has 1 fully saturated rings. The summed E-state index contributed by atoms with van der Waals surface area (Å²) in [5.41, 5.74) is 1.15. The van der Waals surface area contributed by atoms with Crippen molar-refractivity contribution in [1.82, 2.24) is 25.5 Å². The lowest BCUT2D eigenvalue weighted by Crippen LogP contribution is -2.50. The zero-order valence-electron chi connectivity index (χ0n) is 28.0. The number of fused-ring (bicyclic) bond motifs is 5. The maximum Gasteiger partial charge on any atom is 0.407 e. The molecule has 0 bridgehead atoms. The van der Waals surface area contributed by atoms with Crippen molar-refractivity contribution in [2.24, 2.45) is 5.41 Å². The number of rotatable bonds is 9. The third kappa shape index (κ3) is 5.21. The fourth-order valence-corrected chi connectivity index (χ4v) is 7.72. The molecule has 0 radical (unpaired) electrons. The number of pyridine rings is 2. The monoisotopic (exact) mass is 691 g/mol. The Bertz CT molecular complexity index is 2040. The largest absolute Gasteiger partial charge is 0.458 e. The summed E-state index contributed by atoms with van der Waals surface area (Å²) >= 11 is 0. The molecule has 4 heterocycles. The number of ether oxygens (including phenoxy) is 3. The number of carbonyl (C=O) groups excluding carboxylic acids is 4. The summed E-state index contributed by atoms with van der Waals surface area (Å²) in [4.78, 5) is 68.7. The zero-order chi connectivity index (χ0) is 35.5. The van der Waals surface area contributed by atoms with Crippen molar-refractivity contribution < 1.29 is 42.9 Å². The standard InChI is InChI=1S/C35H38FN5O9/c1-4-35(47)21-10-25-29-19(13-41(25)30(43)20(21)14-50-32(35)45)28-23(7-6-18-17(2)22(36)11-24(39-29)27(18)28)40-31(44)34(8-5-9-34)15-49-16-38-26(42)12-37-33(46)48-3/h10-11,23,47H,4-9,12-16H2,1-3H3,(H,37,46)(H,38,42)(H,40,44)/t23-,35-/m0/s1. The van der Waals surface area contributed by atoms with E-state index in [1.54, 1.807) is 19.9 Å². The summed E-state index contributed by atoms with van der Waals surface area (Å²) < 4.78 is 32.2. The molecular formula is C35H38FN5O9. The Labute approximate surface area is 285 Å². The number of hydrogen-bond donors (Lipinski definition) is 4. The van der Waals surface area contributed by atoms with Crippen LogP contribution < -0.4 is 21.5 Å². The number of aliphatic hydroxyl groups is 1. The number of benzene rings is 1. The predicted molar refractivity (Wildman–Crippen MR) is 174 cm³/mol. The quantitative estimate of drug-likeness (QED) is 0.115. The highest BCUT2D eigenvalue weighted by molar-refractivity contribution is 5.94. The molecule has 7 rings (SSSR count). The van der Waals surface area contributed by atoms with Crippen LogP contribution in [0.5, 0.6) is 0 Å². The SMILES string of the molecule is CC[C@@]1(O)C(=O)OCc2c1cc1n(c2=O)Cc2c-1nc1cc(F)c(C)c3c1c2[C@@H](NC(=O)C1(COCNC(=O)CNC(=O)OC)CCC1)CC3. The minimum atomic E-state index is -2.00. The molecule has 3 amide bonds. The Balaban J connectivity index is 1.21. The van der Waals surface area contributed by atoms with Crippen LogP contribution in [0.1, 0.15) is 78.5 Å². The van der Waals surface area contributed by atoms with E-state index in [-0.39, 0.29) is 56.5 Å². The summed E-state index contributed by atoms with van der Waals surface area (Å²) in [6, 6.07) is 2.50. The first-order valence-electron chi connectivity index (χ1n) is 16.7. The number of aromatic nitrogens is 2. The molecule has 1 saturated carbocycles. The van der Waals surface area contributed by atoms with Crippen molar-refractivity contribution in [2.75, 3.05) is 27.0 Å². The summed E-state index contributed by atoms with van der Waals surface area (Å²) in [7, 11) is 1.19. The second-order valence-electron chi connectivity index (χ2n) is 13.4. The maximum absolute atomic E-state index is 15.3. The van der Waals surface area contributed by atoms with E-state index in [0.29, 0.717) is 53.7 Å². The van der Waals surface area contributed by atoms with E-state index in [0.717, 1.165) is 22.9 Å². The average molecular weight is 692 g/mol. The number of nitrogens with one attached hydrogen (secondary N) is 3. The number of alkyl carbamates (subject to hydrolysis) is 1.